The van der Waals surface area contributed by atoms with Crippen molar-refractivity contribution in [3.8, 4) is 0 Å². The Hall–Kier alpha value is -0.0800. The third kappa shape index (κ3) is 1.95. The Morgan fingerprint density at radius 3 is 2.67 bits per heavy atom. The number of ether oxygens (including phenoxy) is 2. The van der Waals surface area contributed by atoms with Crippen LogP contribution in [0.15, 0.2) is 0 Å². The van der Waals surface area contributed by atoms with Crippen LogP contribution in [-0.4, -0.2) is 18.5 Å². The van der Waals surface area contributed by atoms with Gasteiger partial charge in [0.15, 0.2) is 5.79 Å². The zero-order valence-corrected chi connectivity index (χ0v) is 6.31. The third-order valence-electron chi connectivity index (χ3n) is 1.58. The van der Waals surface area contributed by atoms with Gasteiger partial charge in [-0.25, -0.2) is 0 Å². The standard InChI is InChI=1S/C7H14O2/c1-4-6(2)9-7(3)5-8-7/h6H,4-5H2,1-3H3. The maximum atomic E-state index is 5.48. The van der Waals surface area contributed by atoms with Crippen molar-refractivity contribution in [2.75, 3.05) is 6.61 Å². The second-order valence-electron chi connectivity index (χ2n) is 2.76. The van der Waals surface area contributed by atoms with Crippen molar-refractivity contribution in [3.05, 3.63) is 0 Å². The fourth-order valence-corrected chi connectivity index (χ4v) is 0.679. The summed E-state index contributed by atoms with van der Waals surface area (Å²) in [7, 11) is 0. The van der Waals surface area contributed by atoms with E-state index in [1.807, 2.05) is 6.92 Å². The van der Waals surface area contributed by atoms with Gasteiger partial charge >= 0.3 is 0 Å². The molecule has 0 amide bonds. The number of epoxide rings is 1. The second kappa shape index (κ2) is 2.27. The molecule has 0 saturated carbocycles. The SMILES string of the molecule is CCC(C)OC1(C)CO1. The molecule has 9 heavy (non-hydrogen) atoms. The quantitative estimate of drug-likeness (QED) is 0.540. The summed E-state index contributed by atoms with van der Waals surface area (Å²) >= 11 is 0. The Labute approximate surface area is 56.2 Å². The summed E-state index contributed by atoms with van der Waals surface area (Å²) in [6.45, 7) is 6.90. The molecule has 2 unspecified atom stereocenters. The highest BCUT2D eigenvalue weighted by Crippen LogP contribution is 2.29. The lowest BCUT2D eigenvalue weighted by atomic mass is 10.3. The van der Waals surface area contributed by atoms with Gasteiger partial charge in [-0.15, -0.1) is 0 Å². The van der Waals surface area contributed by atoms with Gasteiger partial charge in [0.1, 0.15) is 6.61 Å². The minimum atomic E-state index is -0.227. The average molecular weight is 130 g/mol. The zero-order valence-electron chi connectivity index (χ0n) is 6.31. The van der Waals surface area contributed by atoms with Crippen molar-refractivity contribution in [1.29, 1.82) is 0 Å². The van der Waals surface area contributed by atoms with E-state index < -0.39 is 0 Å². The average Bonchev–Trinajstić information content (AvgIpc) is 2.48. The molecule has 0 radical (unpaired) electrons. The van der Waals surface area contributed by atoms with Crippen molar-refractivity contribution < 1.29 is 9.47 Å². The van der Waals surface area contributed by atoms with Gasteiger partial charge in [-0.2, -0.15) is 0 Å². The first-order chi connectivity index (χ1) is 4.16. The van der Waals surface area contributed by atoms with Crippen molar-refractivity contribution in [1.82, 2.24) is 0 Å². The van der Waals surface area contributed by atoms with Crippen molar-refractivity contribution in [2.24, 2.45) is 0 Å². The fourth-order valence-electron chi connectivity index (χ4n) is 0.679. The van der Waals surface area contributed by atoms with E-state index in [0.717, 1.165) is 13.0 Å². The third-order valence-corrected chi connectivity index (χ3v) is 1.58. The maximum absolute atomic E-state index is 5.48. The fraction of sp³-hybridized carbons (Fsp3) is 1.00. The summed E-state index contributed by atoms with van der Waals surface area (Å²) in [4.78, 5) is 0. The lowest BCUT2D eigenvalue weighted by Crippen LogP contribution is -2.18. The smallest absolute Gasteiger partial charge is 0.189 e. The number of hydrogen-bond acceptors (Lipinski definition) is 2. The Morgan fingerprint density at radius 1 is 1.78 bits per heavy atom. The topological polar surface area (TPSA) is 21.8 Å². The van der Waals surface area contributed by atoms with Crippen LogP contribution in [0.4, 0.5) is 0 Å². The van der Waals surface area contributed by atoms with Gasteiger partial charge < -0.3 is 9.47 Å². The van der Waals surface area contributed by atoms with Gasteiger partial charge in [-0.05, 0) is 20.3 Å². The molecule has 0 spiro atoms. The van der Waals surface area contributed by atoms with Crippen LogP contribution in [0.25, 0.3) is 0 Å². The van der Waals surface area contributed by atoms with E-state index in [4.69, 9.17) is 9.47 Å². The van der Waals surface area contributed by atoms with E-state index in [-0.39, 0.29) is 5.79 Å². The first-order valence-electron chi connectivity index (χ1n) is 3.48. The van der Waals surface area contributed by atoms with Crippen molar-refractivity contribution in [2.45, 2.75) is 39.1 Å². The molecule has 0 aromatic rings. The molecule has 2 atom stereocenters. The van der Waals surface area contributed by atoms with Gasteiger partial charge in [-0.3, -0.25) is 0 Å². The molecule has 0 aromatic carbocycles. The van der Waals surface area contributed by atoms with Crippen LogP contribution in [0.1, 0.15) is 27.2 Å². The van der Waals surface area contributed by atoms with E-state index >= 15 is 0 Å². The first kappa shape index (κ1) is 7.03. The summed E-state index contributed by atoms with van der Waals surface area (Å²) in [5.74, 6) is -0.227. The zero-order chi connectivity index (χ0) is 6.91. The van der Waals surface area contributed by atoms with E-state index in [2.05, 4.69) is 13.8 Å². The molecule has 2 nitrogen and oxygen atoms in total. The van der Waals surface area contributed by atoms with E-state index in [9.17, 15) is 0 Å². The summed E-state index contributed by atoms with van der Waals surface area (Å²) < 4.78 is 10.5. The van der Waals surface area contributed by atoms with Crippen LogP contribution in [-0.2, 0) is 9.47 Å². The minimum Gasteiger partial charge on any atom is -0.345 e. The highest BCUT2D eigenvalue weighted by molar-refractivity contribution is 4.76. The van der Waals surface area contributed by atoms with Crippen LogP contribution in [0.3, 0.4) is 0 Å². The van der Waals surface area contributed by atoms with Crippen LogP contribution < -0.4 is 0 Å². The normalized spacial score (nSPS) is 36.3. The van der Waals surface area contributed by atoms with Gasteiger partial charge in [0.2, 0.25) is 0 Å². The molecule has 0 aliphatic carbocycles. The van der Waals surface area contributed by atoms with Gasteiger partial charge in [-0.1, -0.05) is 6.92 Å². The summed E-state index contributed by atoms with van der Waals surface area (Å²) in [5.41, 5.74) is 0. The van der Waals surface area contributed by atoms with E-state index in [1.165, 1.54) is 0 Å². The molecule has 0 bridgehead atoms. The van der Waals surface area contributed by atoms with Gasteiger partial charge in [0.25, 0.3) is 0 Å². The van der Waals surface area contributed by atoms with E-state index in [1.54, 1.807) is 0 Å². The predicted octanol–water partition coefficient (Wildman–Crippen LogP) is 1.55. The van der Waals surface area contributed by atoms with Crippen molar-refractivity contribution >= 4 is 0 Å². The Bertz CT molecular complexity index is 97.1. The lowest BCUT2D eigenvalue weighted by Gasteiger charge is -2.12. The molecule has 1 aliphatic heterocycles. The molecular formula is C7H14O2. The summed E-state index contributed by atoms with van der Waals surface area (Å²) in [6.07, 6.45) is 1.39. The summed E-state index contributed by atoms with van der Waals surface area (Å²) in [6, 6.07) is 0. The van der Waals surface area contributed by atoms with Gasteiger partial charge in [0, 0.05) is 0 Å². The molecule has 0 N–H and O–H groups in total. The molecule has 1 saturated heterocycles. The van der Waals surface area contributed by atoms with E-state index in [0.29, 0.717) is 6.10 Å². The predicted molar refractivity (Wildman–Crippen MR) is 35.2 cm³/mol. The monoisotopic (exact) mass is 130 g/mol. The van der Waals surface area contributed by atoms with Crippen LogP contribution in [0, 0.1) is 0 Å². The Morgan fingerprint density at radius 2 is 2.33 bits per heavy atom. The number of hydrogen-bond donors (Lipinski definition) is 0. The highest BCUT2D eigenvalue weighted by atomic mass is 16.8. The maximum Gasteiger partial charge on any atom is 0.189 e. The number of rotatable bonds is 3. The molecule has 2 heteroatoms. The van der Waals surface area contributed by atoms with Crippen LogP contribution >= 0.6 is 0 Å². The Balaban J connectivity index is 2.17. The molecule has 1 aliphatic rings. The molecule has 54 valence electrons. The van der Waals surface area contributed by atoms with Gasteiger partial charge in [0.05, 0.1) is 6.10 Å². The van der Waals surface area contributed by atoms with Crippen LogP contribution in [0.2, 0.25) is 0 Å². The highest BCUT2D eigenvalue weighted by Gasteiger charge is 2.41. The lowest BCUT2D eigenvalue weighted by molar-refractivity contribution is -0.0721. The van der Waals surface area contributed by atoms with Crippen molar-refractivity contribution in [3.63, 3.8) is 0 Å². The molecule has 1 rings (SSSR count). The molecule has 0 aromatic heterocycles. The first-order valence-corrected chi connectivity index (χ1v) is 3.48. The second-order valence-corrected chi connectivity index (χ2v) is 2.76. The molecular weight excluding hydrogens is 116 g/mol. The Kier molecular flexibility index (Phi) is 1.78. The molecule has 1 heterocycles. The largest absolute Gasteiger partial charge is 0.345 e. The van der Waals surface area contributed by atoms with Crippen LogP contribution in [0.5, 0.6) is 0 Å². The molecule has 1 fully saturated rings. The minimum absolute atomic E-state index is 0.227. The summed E-state index contributed by atoms with van der Waals surface area (Å²) in [5, 5.41) is 0.